The van der Waals surface area contributed by atoms with E-state index in [0.29, 0.717) is 22.8 Å². The molecule has 0 aliphatic carbocycles. The number of nitrogens with one attached hydrogen (secondary N) is 1. The molecular formula is C15H16ClN5. The van der Waals surface area contributed by atoms with Crippen LogP contribution in [0.2, 0.25) is 5.02 Å². The van der Waals surface area contributed by atoms with E-state index in [9.17, 15) is 0 Å². The van der Waals surface area contributed by atoms with Gasteiger partial charge in [-0.3, -0.25) is 0 Å². The lowest BCUT2D eigenvalue weighted by molar-refractivity contribution is 0.610. The van der Waals surface area contributed by atoms with Crippen LogP contribution < -0.4 is 5.32 Å². The SMILES string of the molecule is N#Cc1cccc(Cl)c1NCc1nnc2n1CCCCC2. The molecule has 1 aliphatic heterocycles. The van der Waals surface area contributed by atoms with Gasteiger partial charge >= 0.3 is 0 Å². The van der Waals surface area contributed by atoms with Crippen LogP contribution in [0.3, 0.4) is 0 Å². The quantitative estimate of drug-likeness (QED) is 0.945. The number of anilines is 1. The van der Waals surface area contributed by atoms with Gasteiger partial charge in [0.1, 0.15) is 11.9 Å². The molecule has 6 heteroatoms. The Balaban J connectivity index is 1.80. The van der Waals surface area contributed by atoms with Gasteiger partial charge in [0.05, 0.1) is 22.8 Å². The molecule has 0 saturated heterocycles. The minimum absolute atomic E-state index is 0.519. The molecular weight excluding hydrogens is 286 g/mol. The van der Waals surface area contributed by atoms with Crippen LogP contribution in [0.1, 0.15) is 36.5 Å². The number of hydrogen-bond donors (Lipinski definition) is 1. The molecule has 1 aliphatic rings. The molecule has 108 valence electrons. The van der Waals surface area contributed by atoms with Gasteiger partial charge in [-0.15, -0.1) is 10.2 Å². The number of benzene rings is 1. The topological polar surface area (TPSA) is 66.5 Å². The molecule has 3 rings (SSSR count). The van der Waals surface area contributed by atoms with Gasteiger partial charge in [0, 0.05) is 13.0 Å². The average molecular weight is 302 g/mol. The standard InChI is InChI=1S/C15H16ClN5/c16-12-6-4-5-11(9-17)15(12)18-10-14-20-19-13-7-2-1-3-8-21(13)14/h4-6,18H,1-3,7-8,10H2. The predicted molar refractivity (Wildman–Crippen MR) is 81.1 cm³/mol. The smallest absolute Gasteiger partial charge is 0.152 e. The minimum atomic E-state index is 0.519. The maximum Gasteiger partial charge on any atom is 0.152 e. The summed E-state index contributed by atoms with van der Waals surface area (Å²) in [4.78, 5) is 0. The van der Waals surface area contributed by atoms with Gasteiger partial charge in [0.2, 0.25) is 0 Å². The first-order chi connectivity index (χ1) is 10.3. The number of hydrogen-bond acceptors (Lipinski definition) is 4. The van der Waals surface area contributed by atoms with Crippen molar-refractivity contribution >= 4 is 17.3 Å². The van der Waals surface area contributed by atoms with Crippen LogP contribution >= 0.6 is 11.6 Å². The van der Waals surface area contributed by atoms with E-state index in [-0.39, 0.29) is 0 Å². The number of aryl methyl sites for hydroxylation is 1. The number of rotatable bonds is 3. The molecule has 1 N–H and O–H groups in total. The van der Waals surface area contributed by atoms with E-state index in [0.717, 1.165) is 31.0 Å². The van der Waals surface area contributed by atoms with E-state index >= 15 is 0 Å². The van der Waals surface area contributed by atoms with E-state index in [1.807, 2.05) is 0 Å². The Morgan fingerprint density at radius 3 is 3.05 bits per heavy atom. The highest BCUT2D eigenvalue weighted by molar-refractivity contribution is 6.33. The van der Waals surface area contributed by atoms with Crippen LogP contribution in [-0.2, 0) is 19.5 Å². The maximum absolute atomic E-state index is 9.15. The van der Waals surface area contributed by atoms with Crippen molar-refractivity contribution in [3.63, 3.8) is 0 Å². The number of aromatic nitrogens is 3. The van der Waals surface area contributed by atoms with E-state index < -0.39 is 0 Å². The highest BCUT2D eigenvalue weighted by Gasteiger charge is 2.15. The van der Waals surface area contributed by atoms with Crippen molar-refractivity contribution in [1.29, 1.82) is 5.26 Å². The maximum atomic E-state index is 9.15. The van der Waals surface area contributed by atoms with Crippen molar-refractivity contribution in [3.8, 4) is 6.07 Å². The lowest BCUT2D eigenvalue weighted by atomic mass is 10.2. The second kappa shape index (κ2) is 6.15. The van der Waals surface area contributed by atoms with E-state index in [4.69, 9.17) is 16.9 Å². The second-order valence-electron chi connectivity index (χ2n) is 5.12. The predicted octanol–water partition coefficient (Wildman–Crippen LogP) is 3.14. The van der Waals surface area contributed by atoms with Crippen LogP contribution in [0, 0.1) is 11.3 Å². The third-order valence-electron chi connectivity index (χ3n) is 3.74. The summed E-state index contributed by atoms with van der Waals surface area (Å²) in [5.41, 5.74) is 1.20. The molecule has 5 nitrogen and oxygen atoms in total. The molecule has 2 heterocycles. The largest absolute Gasteiger partial charge is 0.375 e. The first kappa shape index (κ1) is 13.9. The Morgan fingerprint density at radius 1 is 1.29 bits per heavy atom. The summed E-state index contributed by atoms with van der Waals surface area (Å²) in [7, 11) is 0. The fraction of sp³-hybridized carbons (Fsp3) is 0.400. The molecule has 0 spiro atoms. The molecule has 0 fully saturated rings. The fourth-order valence-corrected chi connectivity index (χ4v) is 2.88. The van der Waals surface area contributed by atoms with Crippen molar-refractivity contribution < 1.29 is 0 Å². The zero-order valence-corrected chi connectivity index (χ0v) is 12.4. The fourth-order valence-electron chi connectivity index (χ4n) is 2.64. The summed E-state index contributed by atoms with van der Waals surface area (Å²) in [5, 5.41) is 21.5. The van der Waals surface area contributed by atoms with Crippen LogP contribution in [0.4, 0.5) is 5.69 Å². The first-order valence-corrected chi connectivity index (χ1v) is 7.51. The molecule has 0 saturated carbocycles. The summed E-state index contributed by atoms with van der Waals surface area (Å²) >= 11 is 6.16. The molecule has 1 aromatic heterocycles. The average Bonchev–Trinajstić information content (AvgIpc) is 2.73. The lowest BCUT2D eigenvalue weighted by Crippen LogP contribution is -2.11. The summed E-state index contributed by atoms with van der Waals surface area (Å²) < 4.78 is 2.18. The van der Waals surface area contributed by atoms with Gasteiger partial charge in [-0.25, -0.2) is 0 Å². The normalized spacial score (nSPS) is 14.1. The van der Waals surface area contributed by atoms with Crippen LogP contribution in [-0.4, -0.2) is 14.8 Å². The summed E-state index contributed by atoms with van der Waals surface area (Å²) in [6.45, 7) is 1.48. The molecule has 2 aromatic rings. The second-order valence-corrected chi connectivity index (χ2v) is 5.53. The van der Waals surface area contributed by atoms with Crippen molar-refractivity contribution in [3.05, 3.63) is 40.4 Å². The Labute approximate surface area is 128 Å². The molecule has 0 unspecified atom stereocenters. The van der Waals surface area contributed by atoms with Crippen molar-refractivity contribution in [2.24, 2.45) is 0 Å². The van der Waals surface area contributed by atoms with Crippen LogP contribution in [0.25, 0.3) is 0 Å². The number of nitrogens with zero attached hydrogens (tertiary/aromatic N) is 4. The number of para-hydroxylation sites is 1. The van der Waals surface area contributed by atoms with Gasteiger partial charge in [0.15, 0.2) is 5.82 Å². The third-order valence-corrected chi connectivity index (χ3v) is 4.06. The van der Waals surface area contributed by atoms with Crippen LogP contribution in [0.5, 0.6) is 0 Å². The number of nitriles is 1. The first-order valence-electron chi connectivity index (χ1n) is 7.13. The van der Waals surface area contributed by atoms with Crippen molar-refractivity contribution in [2.75, 3.05) is 5.32 Å². The Bertz CT molecular complexity index is 686. The molecule has 0 bridgehead atoms. The lowest BCUT2D eigenvalue weighted by Gasteiger charge is -2.11. The Kier molecular flexibility index (Phi) is 4.07. The molecule has 1 aromatic carbocycles. The van der Waals surface area contributed by atoms with Gasteiger partial charge in [-0.2, -0.15) is 5.26 Å². The Morgan fingerprint density at radius 2 is 2.19 bits per heavy atom. The van der Waals surface area contributed by atoms with E-state index in [2.05, 4.69) is 26.2 Å². The van der Waals surface area contributed by atoms with E-state index in [1.54, 1.807) is 18.2 Å². The molecule has 21 heavy (non-hydrogen) atoms. The van der Waals surface area contributed by atoms with E-state index in [1.165, 1.54) is 12.8 Å². The number of halogens is 1. The Hall–Kier alpha value is -2.06. The third kappa shape index (κ3) is 2.86. The number of fused-ring (bicyclic) bond motifs is 1. The molecule has 0 amide bonds. The summed E-state index contributed by atoms with van der Waals surface area (Å²) in [6.07, 6.45) is 4.56. The highest BCUT2D eigenvalue weighted by atomic mass is 35.5. The minimum Gasteiger partial charge on any atom is -0.375 e. The van der Waals surface area contributed by atoms with Crippen molar-refractivity contribution in [2.45, 2.75) is 38.8 Å². The van der Waals surface area contributed by atoms with Gasteiger partial charge in [0.25, 0.3) is 0 Å². The summed E-state index contributed by atoms with van der Waals surface area (Å²) in [5.74, 6) is 1.96. The monoisotopic (exact) mass is 301 g/mol. The van der Waals surface area contributed by atoms with Gasteiger partial charge < -0.3 is 9.88 Å². The van der Waals surface area contributed by atoms with Gasteiger partial charge in [-0.05, 0) is 25.0 Å². The zero-order chi connectivity index (χ0) is 14.7. The zero-order valence-electron chi connectivity index (χ0n) is 11.6. The van der Waals surface area contributed by atoms with Crippen molar-refractivity contribution in [1.82, 2.24) is 14.8 Å². The van der Waals surface area contributed by atoms with Gasteiger partial charge in [-0.1, -0.05) is 24.1 Å². The molecule has 0 atom stereocenters. The van der Waals surface area contributed by atoms with Crippen LogP contribution in [0.15, 0.2) is 18.2 Å². The molecule has 0 radical (unpaired) electrons. The summed E-state index contributed by atoms with van der Waals surface area (Å²) in [6, 6.07) is 7.44. The highest BCUT2D eigenvalue weighted by Crippen LogP contribution is 2.26.